The number of hydrogen-bond donors (Lipinski definition) is 2. The van der Waals surface area contributed by atoms with Crippen molar-refractivity contribution in [3.63, 3.8) is 0 Å². The van der Waals surface area contributed by atoms with Gasteiger partial charge in [-0.05, 0) is 68.8 Å². The Morgan fingerprint density at radius 1 is 1.12 bits per heavy atom. The van der Waals surface area contributed by atoms with E-state index in [1.165, 1.54) is 31.7 Å². The van der Waals surface area contributed by atoms with Crippen molar-refractivity contribution < 1.29 is 19.5 Å². The van der Waals surface area contributed by atoms with Crippen LogP contribution >= 0.6 is 11.8 Å². The minimum Gasteiger partial charge on any atom is -0.393 e. The van der Waals surface area contributed by atoms with Gasteiger partial charge >= 0.3 is 0 Å². The van der Waals surface area contributed by atoms with Gasteiger partial charge in [0.2, 0.25) is 5.91 Å². The van der Waals surface area contributed by atoms with Crippen molar-refractivity contribution >= 4 is 29.1 Å². The average molecular weight is 488 g/mol. The van der Waals surface area contributed by atoms with Gasteiger partial charge in [0.1, 0.15) is 6.29 Å². The molecule has 1 aliphatic carbocycles. The Balaban J connectivity index is 1.56. The van der Waals surface area contributed by atoms with Crippen LogP contribution in [0.1, 0.15) is 76.7 Å². The molecule has 5 nitrogen and oxygen atoms in total. The number of nitrogens with one attached hydrogen (secondary N) is 1. The van der Waals surface area contributed by atoms with E-state index in [0.29, 0.717) is 24.5 Å². The summed E-state index contributed by atoms with van der Waals surface area (Å²) in [4.78, 5) is 33.9. The van der Waals surface area contributed by atoms with Crippen molar-refractivity contribution in [1.82, 2.24) is 5.32 Å². The molecule has 0 aromatic heterocycles. The van der Waals surface area contributed by atoms with E-state index in [2.05, 4.69) is 47.8 Å². The maximum Gasteiger partial charge on any atom is 0.217 e. The Kier molecular flexibility index (Phi) is 13.9. The van der Waals surface area contributed by atoms with Crippen molar-refractivity contribution in [2.75, 3.05) is 5.75 Å². The molecule has 0 radical (unpaired) electrons. The molecule has 0 spiro atoms. The van der Waals surface area contributed by atoms with E-state index in [1.807, 2.05) is 0 Å². The summed E-state index contributed by atoms with van der Waals surface area (Å²) >= 11 is 1.11. The monoisotopic (exact) mass is 487 g/mol. The van der Waals surface area contributed by atoms with E-state index in [4.69, 9.17) is 0 Å². The highest BCUT2D eigenvalue weighted by molar-refractivity contribution is 8.13. The molecule has 1 saturated carbocycles. The second kappa shape index (κ2) is 16.7. The number of aliphatic hydroxyl groups excluding tert-OH is 1. The van der Waals surface area contributed by atoms with Gasteiger partial charge in [0.15, 0.2) is 5.12 Å². The summed E-state index contributed by atoms with van der Waals surface area (Å²) in [5.41, 5.74) is 1.40. The molecule has 2 unspecified atom stereocenters. The van der Waals surface area contributed by atoms with Crippen molar-refractivity contribution in [2.24, 2.45) is 11.8 Å². The molecule has 188 valence electrons. The van der Waals surface area contributed by atoms with Crippen molar-refractivity contribution in [3.8, 4) is 0 Å². The van der Waals surface area contributed by atoms with Gasteiger partial charge in [-0.25, -0.2) is 0 Å². The molecule has 0 bridgehead atoms. The number of aldehydes is 1. The van der Waals surface area contributed by atoms with E-state index in [1.54, 1.807) is 0 Å². The second-order valence-electron chi connectivity index (χ2n) is 9.38. The number of benzene rings is 1. The van der Waals surface area contributed by atoms with E-state index in [-0.39, 0.29) is 22.9 Å². The molecule has 2 N–H and O–H groups in total. The molecule has 34 heavy (non-hydrogen) atoms. The van der Waals surface area contributed by atoms with E-state index < -0.39 is 6.04 Å². The van der Waals surface area contributed by atoms with Crippen LogP contribution in [0.2, 0.25) is 0 Å². The van der Waals surface area contributed by atoms with Crippen molar-refractivity contribution in [3.05, 3.63) is 48.0 Å². The zero-order valence-electron chi connectivity index (χ0n) is 20.5. The highest BCUT2D eigenvalue weighted by Gasteiger charge is 2.33. The maximum absolute atomic E-state index is 12.0. The Bertz CT molecular complexity index is 767. The molecule has 4 atom stereocenters. The van der Waals surface area contributed by atoms with Gasteiger partial charge in [-0.3, -0.25) is 9.59 Å². The molecule has 1 aliphatic rings. The third-order valence-corrected chi connectivity index (χ3v) is 7.66. The van der Waals surface area contributed by atoms with Crippen molar-refractivity contribution in [1.29, 1.82) is 0 Å². The first-order chi connectivity index (χ1) is 16.5. The van der Waals surface area contributed by atoms with Crippen LogP contribution in [0, 0.1) is 11.8 Å². The fourth-order valence-electron chi connectivity index (χ4n) is 4.76. The fourth-order valence-corrected chi connectivity index (χ4v) is 5.58. The van der Waals surface area contributed by atoms with Crippen LogP contribution in [-0.4, -0.2) is 40.3 Å². The topological polar surface area (TPSA) is 83.5 Å². The molecule has 1 amide bonds. The minimum atomic E-state index is -0.607. The first kappa shape index (κ1) is 28.3. The van der Waals surface area contributed by atoms with Gasteiger partial charge in [0.25, 0.3) is 0 Å². The summed E-state index contributed by atoms with van der Waals surface area (Å²) in [7, 11) is 0. The summed E-state index contributed by atoms with van der Waals surface area (Å²) < 4.78 is 0. The van der Waals surface area contributed by atoms with Crippen LogP contribution < -0.4 is 5.32 Å². The fraction of sp³-hybridized carbons (Fsp3) is 0.607. The number of amides is 1. The lowest BCUT2D eigenvalue weighted by molar-refractivity contribution is -0.121. The number of carbonyl (C=O) groups excluding carboxylic acids is 3. The van der Waals surface area contributed by atoms with Crippen LogP contribution in [0.25, 0.3) is 0 Å². The Morgan fingerprint density at radius 2 is 1.91 bits per heavy atom. The molecule has 0 aliphatic heterocycles. The second-order valence-corrected chi connectivity index (χ2v) is 10.5. The van der Waals surface area contributed by atoms with Gasteiger partial charge in [-0.15, -0.1) is 0 Å². The minimum absolute atomic E-state index is 0.0526. The SMILES string of the molecule is CC(=O)NC(C=O)CSC(=O)CCC/C=C\C[C@H]1CC[C@@H](O)C1CCCCCc1ccccc1. The highest BCUT2D eigenvalue weighted by atomic mass is 32.2. The first-order valence-electron chi connectivity index (χ1n) is 12.7. The summed E-state index contributed by atoms with van der Waals surface area (Å²) in [5.74, 6) is 0.991. The number of aryl methyl sites for hydroxylation is 1. The van der Waals surface area contributed by atoms with Crippen LogP contribution in [0.15, 0.2) is 42.5 Å². The number of rotatable bonds is 16. The third kappa shape index (κ3) is 11.5. The van der Waals surface area contributed by atoms with Crippen LogP contribution in [0.3, 0.4) is 0 Å². The van der Waals surface area contributed by atoms with Gasteiger partial charge in [-0.2, -0.15) is 0 Å². The molecular weight excluding hydrogens is 446 g/mol. The summed E-state index contributed by atoms with van der Waals surface area (Å²) in [6.07, 6.45) is 15.9. The summed E-state index contributed by atoms with van der Waals surface area (Å²) in [5, 5.41) is 13.0. The predicted octanol–water partition coefficient (Wildman–Crippen LogP) is 5.26. The lowest BCUT2D eigenvalue weighted by Crippen LogP contribution is -2.36. The number of hydrogen-bond acceptors (Lipinski definition) is 5. The predicted molar refractivity (Wildman–Crippen MR) is 140 cm³/mol. The van der Waals surface area contributed by atoms with E-state index in [0.717, 1.165) is 56.7 Å². The Labute approximate surface area is 209 Å². The smallest absolute Gasteiger partial charge is 0.217 e. The molecule has 1 fully saturated rings. The highest BCUT2D eigenvalue weighted by Crippen LogP contribution is 2.38. The van der Waals surface area contributed by atoms with E-state index >= 15 is 0 Å². The van der Waals surface area contributed by atoms with Gasteiger partial charge in [-0.1, -0.05) is 67.1 Å². The van der Waals surface area contributed by atoms with Gasteiger partial charge in [0, 0.05) is 19.1 Å². The van der Waals surface area contributed by atoms with Crippen LogP contribution in [-0.2, 0) is 20.8 Å². The third-order valence-electron chi connectivity index (χ3n) is 6.61. The zero-order chi connectivity index (χ0) is 24.6. The Hall–Kier alpha value is -1.92. The summed E-state index contributed by atoms with van der Waals surface area (Å²) in [6, 6.07) is 10.0. The number of aliphatic hydroxyl groups is 1. The first-order valence-corrected chi connectivity index (χ1v) is 13.7. The number of thioether (sulfide) groups is 1. The molecule has 1 aromatic carbocycles. The molecule has 0 saturated heterocycles. The van der Waals surface area contributed by atoms with E-state index in [9.17, 15) is 19.5 Å². The molecule has 0 heterocycles. The zero-order valence-corrected chi connectivity index (χ0v) is 21.3. The largest absolute Gasteiger partial charge is 0.393 e. The Morgan fingerprint density at radius 3 is 2.65 bits per heavy atom. The quantitative estimate of drug-likeness (QED) is 0.189. The van der Waals surface area contributed by atoms with Crippen molar-refractivity contribution in [2.45, 2.75) is 89.7 Å². The molecule has 2 rings (SSSR count). The molecule has 6 heteroatoms. The lowest BCUT2D eigenvalue weighted by atomic mass is 9.87. The standard InChI is InChI=1S/C28H41NO4S/c1-22(31)29-25(20-30)21-34-28(33)17-11-3-2-9-15-24-18-19-27(32)26(24)16-10-5-8-14-23-12-6-4-7-13-23/h2,4,6-7,9,12-13,20,24-27,32H,3,5,8,10-11,14-19,21H2,1H3,(H,29,31)/b9-2-/t24-,25?,26?,27+/m0/s1. The van der Waals surface area contributed by atoms with Gasteiger partial charge in [0.05, 0.1) is 12.1 Å². The molecular formula is C28H41NO4S. The van der Waals surface area contributed by atoms with Gasteiger partial charge < -0.3 is 15.2 Å². The number of carbonyl (C=O) groups is 3. The molecule has 1 aromatic rings. The number of unbranched alkanes of at least 4 members (excludes halogenated alkanes) is 3. The normalized spacial score (nSPS) is 20.9. The summed E-state index contributed by atoms with van der Waals surface area (Å²) in [6.45, 7) is 1.36. The van der Waals surface area contributed by atoms with Crippen LogP contribution in [0.4, 0.5) is 0 Å². The lowest BCUT2D eigenvalue weighted by Gasteiger charge is -2.21. The maximum atomic E-state index is 12.0. The van der Waals surface area contributed by atoms with Crippen LogP contribution in [0.5, 0.6) is 0 Å². The average Bonchev–Trinajstić information content (AvgIpc) is 3.18. The number of allylic oxidation sites excluding steroid dienone is 2.